The van der Waals surface area contributed by atoms with E-state index in [1.807, 2.05) is 73.6 Å². The number of benzene rings is 2. The molecule has 0 spiro atoms. The highest BCUT2D eigenvalue weighted by Crippen LogP contribution is 2.19. The molecule has 3 aromatic rings. The summed E-state index contributed by atoms with van der Waals surface area (Å²) in [5.41, 5.74) is 2.69. The largest absolute Gasteiger partial charge is 0.377 e. The minimum absolute atomic E-state index is 0.138. The van der Waals surface area contributed by atoms with Gasteiger partial charge < -0.3 is 4.90 Å². The molecule has 1 heterocycles. The molecule has 130 valence electrons. The van der Waals surface area contributed by atoms with E-state index in [-0.39, 0.29) is 11.4 Å². The molecule has 0 atom stereocenters. The van der Waals surface area contributed by atoms with Crippen LogP contribution in [0.3, 0.4) is 0 Å². The van der Waals surface area contributed by atoms with Crippen molar-refractivity contribution in [2.75, 3.05) is 19.0 Å². The molecule has 0 aliphatic heterocycles. The van der Waals surface area contributed by atoms with Crippen molar-refractivity contribution in [1.29, 1.82) is 0 Å². The van der Waals surface area contributed by atoms with Crippen LogP contribution in [-0.2, 0) is 16.6 Å². The van der Waals surface area contributed by atoms with E-state index in [0.29, 0.717) is 0 Å². The van der Waals surface area contributed by atoms with E-state index in [2.05, 4.69) is 9.82 Å². The second kappa shape index (κ2) is 7.08. The Kier molecular flexibility index (Phi) is 4.87. The molecule has 0 radical (unpaired) electrons. The Morgan fingerprint density at radius 3 is 2.44 bits per heavy atom. The lowest BCUT2D eigenvalue weighted by atomic mass is 10.1. The average Bonchev–Trinajstić information content (AvgIpc) is 3.12. The lowest BCUT2D eigenvalue weighted by molar-refractivity contribution is 0.581. The van der Waals surface area contributed by atoms with Crippen molar-refractivity contribution in [1.82, 2.24) is 14.5 Å². The molecule has 3 rings (SSSR count). The van der Waals surface area contributed by atoms with Crippen molar-refractivity contribution >= 4 is 15.7 Å². The predicted molar refractivity (Wildman–Crippen MR) is 98.4 cm³/mol. The third-order valence-corrected chi connectivity index (χ3v) is 5.17. The van der Waals surface area contributed by atoms with Gasteiger partial charge in [-0.2, -0.15) is 5.10 Å². The van der Waals surface area contributed by atoms with Gasteiger partial charge in [0.15, 0.2) is 0 Å². The molecule has 2 aromatic carbocycles. The molecule has 0 saturated carbocycles. The van der Waals surface area contributed by atoms with Crippen molar-refractivity contribution in [3.05, 3.63) is 72.6 Å². The minimum atomic E-state index is -3.64. The highest BCUT2D eigenvalue weighted by Gasteiger charge is 2.17. The van der Waals surface area contributed by atoms with Gasteiger partial charge in [0.1, 0.15) is 4.90 Å². The number of nitrogens with zero attached hydrogens (tertiary/aromatic N) is 3. The molecule has 1 N–H and O–H groups in total. The normalized spacial score (nSPS) is 11.4. The van der Waals surface area contributed by atoms with E-state index in [0.717, 1.165) is 16.9 Å². The Bertz CT molecular complexity index is 950. The lowest BCUT2D eigenvalue weighted by Gasteiger charge is -2.17. The van der Waals surface area contributed by atoms with Gasteiger partial charge in [-0.25, -0.2) is 17.8 Å². The Balaban J connectivity index is 1.78. The molecular weight excluding hydrogens is 336 g/mol. The van der Waals surface area contributed by atoms with E-state index in [4.69, 9.17) is 0 Å². The smallest absolute Gasteiger partial charge is 0.244 e. The van der Waals surface area contributed by atoms with Crippen molar-refractivity contribution in [2.45, 2.75) is 11.4 Å². The maximum Gasteiger partial charge on any atom is 0.244 e. The van der Waals surface area contributed by atoms with Crippen LogP contribution in [0.15, 0.2) is 71.9 Å². The third-order valence-electron chi connectivity index (χ3n) is 3.82. The first-order chi connectivity index (χ1) is 12.0. The number of anilines is 1. The molecule has 0 bridgehead atoms. The Hall–Kier alpha value is -2.64. The first kappa shape index (κ1) is 17.2. The number of para-hydroxylation sites is 2. The summed E-state index contributed by atoms with van der Waals surface area (Å²) in [5.74, 6) is 0. The van der Waals surface area contributed by atoms with Crippen molar-refractivity contribution in [2.24, 2.45) is 0 Å². The van der Waals surface area contributed by atoms with Crippen LogP contribution in [0.25, 0.3) is 5.69 Å². The zero-order valence-corrected chi connectivity index (χ0v) is 14.9. The van der Waals surface area contributed by atoms with Gasteiger partial charge >= 0.3 is 0 Å². The van der Waals surface area contributed by atoms with Crippen LogP contribution in [0.2, 0.25) is 0 Å². The maximum atomic E-state index is 12.6. The first-order valence-corrected chi connectivity index (χ1v) is 9.31. The fourth-order valence-electron chi connectivity index (χ4n) is 2.52. The molecule has 7 heteroatoms. The second-order valence-corrected chi connectivity index (χ2v) is 7.57. The van der Waals surface area contributed by atoms with Gasteiger partial charge in [-0.05, 0) is 23.8 Å². The molecule has 25 heavy (non-hydrogen) atoms. The number of nitrogens with one attached hydrogen (secondary N) is 1. The van der Waals surface area contributed by atoms with Gasteiger partial charge in [-0.1, -0.05) is 36.4 Å². The summed E-state index contributed by atoms with van der Waals surface area (Å²) in [6.07, 6.45) is 2.86. The van der Waals surface area contributed by atoms with Gasteiger partial charge in [-0.3, -0.25) is 0 Å². The summed E-state index contributed by atoms with van der Waals surface area (Å²) in [6.45, 7) is 0.215. The maximum absolute atomic E-state index is 12.6. The Morgan fingerprint density at radius 2 is 1.72 bits per heavy atom. The minimum Gasteiger partial charge on any atom is -0.377 e. The molecular formula is C18H20N4O2S. The number of rotatable bonds is 6. The zero-order chi connectivity index (χ0) is 17.9. The van der Waals surface area contributed by atoms with E-state index in [1.54, 1.807) is 4.68 Å². The van der Waals surface area contributed by atoms with Crippen LogP contribution in [0.4, 0.5) is 5.69 Å². The highest BCUT2D eigenvalue weighted by atomic mass is 32.2. The highest BCUT2D eigenvalue weighted by molar-refractivity contribution is 7.89. The number of aromatic nitrogens is 2. The standard InChI is InChI=1S/C18H20N4O2S/c1-21(2)18-11-7-6-8-15(18)12-20-25(23,24)17-13-19-22(14-17)16-9-4-3-5-10-16/h3-11,13-14,20H,12H2,1-2H3. The second-order valence-electron chi connectivity index (χ2n) is 5.80. The molecule has 0 fully saturated rings. The summed E-state index contributed by atoms with van der Waals surface area (Å²) in [7, 11) is 0.216. The number of sulfonamides is 1. The number of hydrogen-bond acceptors (Lipinski definition) is 4. The Labute approximate surface area is 147 Å². The first-order valence-electron chi connectivity index (χ1n) is 7.82. The molecule has 1 aromatic heterocycles. The SMILES string of the molecule is CN(C)c1ccccc1CNS(=O)(=O)c1cnn(-c2ccccc2)c1. The van der Waals surface area contributed by atoms with Crippen LogP contribution in [0, 0.1) is 0 Å². The topological polar surface area (TPSA) is 67.2 Å². The summed E-state index contributed by atoms with van der Waals surface area (Å²) in [5, 5.41) is 4.14. The fraction of sp³-hybridized carbons (Fsp3) is 0.167. The summed E-state index contributed by atoms with van der Waals surface area (Å²) < 4.78 is 29.3. The van der Waals surface area contributed by atoms with Gasteiger partial charge in [0.05, 0.1) is 18.1 Å². The predicted octanol–water partition coefficient (Wildman–Crippen LogP) is 2.42. The molecule has 6 nitrogen and oxygen atoms in total. The van der Waals surface area contributed by atoms with E-state index < -0.39 is 10.0 Å². The summed E-state index contributed by atoms with van der Waals surface area (Å²) in [6, 6.07) is 17.1. The van der Waals surface area contributed by atoms with Gasteiger partial charge in [0.25, 0.3) is 0 Å². The van der Waals surface area contributed by atoms with Crippen LogP contribution in [0.1, 0.15) is 5.56 Å². The third kappa shape index (κ3) is 3.89. The van der Waals surface area contributed by atoms with Crippen LogP contribution >= 0.6 is 0 Å². The van der Waals surface area contributed by atoms with Crippen LogP contribution in [0.5, 0.6) is 0 Å². The quantitative estimate of drug-likeness (QED) is 0.737. The average molecular weight is 356 g/mol. The Morgan fingerprint density at radius 1 is 1.04 bits per heavy atom. The molecule has 0 aliphatic rings. The zero-order valence-electron chi connectivity index (χ0n) is 14.1. The van der Waals surface area contributed by atoms with Gasteiger partial charge in [0, 0.05) is 26.3 Å². The monoisotopic (exact) mass is 356 g/mol. The van der Waals surface area contributed by atoms with Crippen molar-refractivity contribution in [3.8, 4) is 5.69 Å². The van der Waals surface area contributed by atoms with Gasteiger partial charge in [0.2, 0.25) is 10.0 Å². The fourth-order valence-corrected chi connectivity index (χ4v) is 3.46. The van der Waals surface area contributed by atoms with E-state index >= 15 is 0 Å². The molecule has 0 saturated heterocycles. The van der Waals surface area contributed by atoms with Crippen molar-refractivity contribution in [3.63, 3.8) is 0 Å². The van der Waals surface area contributed by atoms with Crippen LogP contribution < -0.4 is 9.62 Å². The van der Waals surface area contributed by atoms with Crippen molar-refractivity contribution < 1.29 is 8.42 Å². The lowest BCUT2D eigenvalue weighted by Crippen LogP contribution is -2.24. The molecule has 0 amide bonds. The number of hydrogen-bond donors (Lipinski definition) is 1. The van der Waals surface area contributed by atoms with E-state index in [1.165, 1.54) is 12.4 Å². The van der Waals surface area contributed by atoms with Gasteiger partial charge in [-0.15, -0.1) is 0 Å². The van der Waals surface area contributed by atoms with Crippen LogP contribution in [-0.4, -0.2) is 32.3 Å². The summed E-state index contributed by atoms with van der Waals surface area (Å²) >= 11 is 0. The molecule has 0 aliphatic carbocycles. The molecule has 0 unspecified atom stereocenters. The summed E-state index contributed by atoms with van der Waals surface area (Å²) in [4.78, 5) is 2.09. The van der Waals surface area contributed by atoms with E-state index in [9.17, 15) is 8.42 Å².